The molecule has 0 aliphatic carbocycles. The van der Waals surface area contributed by atoms with Crippen molar-refractivity contribution in [1.82, 2.24) is 20.4 Å². The van der Waals surface area contributed by atoms with Crippen molar-refractivity contribution in [3.8, 4) is 0 Å². The Morgan fingerprint density at radius 2 is 1.36 bits per heavy atom. The molecular weight excluding hydrogens is 220 g/mol. The summed E-state index contributed by atoms with van der Waals surface area (Å²) in [4.78, 5) is 0. The minimum Gasteiger partial charge on any atom is -0.374 e. The molecule has 74 valence electrons. The van der Waals surface area contributed by atoms with E-state index in [0.29, 0.717) is 10.3 Å². The van der Waals surface area contributed by atoms with Crippen molar-refractivity contribution in [1.29, 1.82) is 0 Å². The molecule has 14 heavy (non-hydrogen) atoms. The van der Waals surface area contributed by atoms with Gasteiger partial charge in [-0.3, -0.25) is 0 Å². The topological polar surface area (TPSA) is 104 Å². The smallest absolute Gasteiger partial charge is 0.203 e. The fourth-order valence-corrected chi connectivity index (χ4v) is 2.36. The van der Waals surface area contributed by atoms with Gasteiger partial charge in [-0.2, -0.15) is 0 Å². The third-order valence-electron chi connectivity index (χ3n) is 1.65. The molecule has 0 atom stereocenters. The second-order valence-electron chi connectivity index (χ2n) is 2.68. The summed E-state index contributed by atoms with van der Waals surface area (Å²) in [6.45, 7) is 1.97. The van der Waals surface area contributed by atoms with Crippen LogP contribution in [0.3, 0.4) is 0 Å². The van der Waals surface area contributed by atoms with E-state index < -0.39 is 0 Å². The van der Waals surface area contributed by atoms with Crippen LogP contribution >= 0.6 is 22.7 Å². The Balaban J connectivity index is 2.28. The Morgan fingerprint density at radius 3 is 1.64 bits per heavy atom. The molecule has 0 bridgehead atoms. The maximum atomic E-state index is 5.49. The molecule has 0 aromatic carbocycles. The van der Waals surface area contributed by atoms with Crippen molar-refractivity contribution in [2.24, 2.45) is 0 Å². The van der Waals surface area contributed by atoms with Crippen molar-refractivity contribution in [2.45, 2.75) is 12.8 Å². The Morgan fingerprint density at radius 1 is 0.929 bits per heavy atom. The highest BCUT2D eigenvalue weighted by Gasteiger charge is 2.17. The first-order valence-corrected chi connectivity index (χ1v) is 5.48. The summed E-state index contributed by atoms with van der Waals surface area (Å²) in [6.07, 6.45) is 0. The van der Waals surface area contributed by atoms with Crippen LogP contribution in [-0.4, -0.2) is 20.4 Å². The number of hydrogen-bond acceptors (Lipinski definition) is 8. The van der Waals surface area contributed by atoms with Crippen LogP contribution in [0.25, 0.3) is 0 Å². The molecule has 2 heterocycles. The van der Waals surface area contributed by atoms with Gasteiger partial charge in [0, 0.05) is 0 Å². The normalized spacial score (nSPS) is 11.0. The van der Waals surface area contributed by atoms with E-state index in [0.717, 1.165) is 10.0 Å². The number of anilines is 2. The fourth-order valence-electron chi connectivity index (χ4n) is 0.949. The molecule has 2 aromatic rings. The van der Waals surface area contributed by atoms with Crippen LogP contribution in [0, 0.1) is 0 Å². The van der Waals surface area contributed by atoms with Crippen molar-refractivity contribution >= 4 is 32.9 Å². The third-order valence-corrected chi connectivity index (χ3v) is 3.52. The zero-order valence-corrected chi connectivity index (χ0v) is 8.97. The maximum absolute atomic E-state index is 5.49. The molecular formula is C6H8N6S2. The van der Waals surface area contributed by atoms with Crippen LogP contribution in [0.1, 0.15) is 22.9 Å². The summed E-state index contributed by atoms with van der Waals surface area (Å²) >= 11 is 2.71. The third kappa shape index (κ3) is 1.66. The summed E-state index contributed by atoms with van der Waals surface area (Å²) < 4.78 is 0. The monoisotopic (exact) mass is 228 g/mol. The Hall–Kier alpha value is -1.28. The van der Waals surface area contributed by atoms with Crippen molar-refractivity contribution in [2.75, 3.05) is 11.5 Å². The summed E-state index contributed by atoms with van der Waals surface area (Å²) in [6, 6.07) is 0. The van der Waals surface area contributed by atoms with Crippen LogP contribution in [-0.2, 0) is 0 Å². The molecule has 6 nitrogen and oxygen atoms in total. The van der Waals surface area contributed by atoms with Gasteiger partial charge in [0.2, 0.25) is 10.3 Å². The molecule has 8 heteroatoms. The molecule has 0 aliphatic heterocycles. The van der Waals surface area contributed by atoms with Gasteiger partial charge >= 0.3 is 0 Å². The van der Waals surface area contributed by atoms with Gasteiger partial charge in [0.15, 0.2) is 0 Å². The van der Waals surface area contributed by atoms with Crippen molar-refractivity contribution in [3.05, 3.63) is 10.0 Å². The largest absolute Gasteiger partial charge is 0.374 e. The van der Waals surface area contributed by atoms with Gasteiger partial charge in [-0.05, 0) is 6.92 Å². The molecule has 0 saturated heterocycles. The van der Waals surface area contributed by atoms with E-state index in [9.17, 15) is 0 Å². The Bertz CT molecular complexity index is 395. The summed E-state index contributed by atoms with van der Waals surface area (Å²) in [7, 11) is 0. The highest BCUT2D eigenvalue weighted by molar-refractivity contribution is 7.16. The average Bonchev–Trinajstić information content (AvgIpc) is 2.73. The number of hydrogen-bond donors (Lipinski definition) is 2. The lowest BCUT2D eigenvalue weighted by atomic mass is 10.2. The molecule has 0 radical (unpaired) electrons. The van der Waals surface area contributed by atoms with Crippen LogP contribution in [0.2, 0.25) is 0 Å². The number of aromatic nitrogens is 4. The quantitative estimate of drug-likeness (QED) is 0.784. The summed E-state index contributed by atoms with van der Waals surface area (Å²) in [5.74, 6) is 0.0552. The van der Waals surface area contributed by atoms with E-state index in [4.69, 9.17) is 11.5 Å². The highest BCUT2D eigenvalue weighted by atomic mass is 32.1. The summed E-state index contributed by atoms with van der Waals surface area (Å²) in [5, 5.41) is 18.0. The second-order valence-corrected chi connectivity index (χ2v) is 4.76. The number of nitrogens with zero attached hydrogens (tertiary/aromatic N) is 4. The molecule has 0 spiro atoms. The maximum Gasteiger partial charge on any atom is 0.203 e. The van der Waals surface area contributed by atoms with E-state index in [-0.39, 0.29) is 5.92 Å². The van der Waals surface area contributed by atoms with Gasteiger partial charge < -0.3 is 11.5 Å². The predicted molar refractivity (Wildman–Crippen MR) is 56.2 cm³/mol. The Kier molecular flexibility index (Phi) is 2.30. The van der Waals surface area contributed by atoms with Gasteiger partial charge in [-0.1, -0.05) is 22.7 Å². The van der Waals surface area contributed by atoms with Crippen LogP contribution in [0.5, 0.6) is 0 Å². The van der Waals surface area contributed by atoms with E-state index in [1.54, 1.807) is 0 Å². The van der Waals surface area contributed by atoms with Gasteiger partial charge in [-0.15, -0.1) is 20.4 Å². The van der Waals surface area contributed by atoms with Crippen molar-refractivity contribution in [3.63, 3.8) is 0 Å². The van der Waals surface area contributed by atoms with Crippen LogP contribution in [0.15, 0.2) is 0 Å². The first kappa shape index (κ1) is 9.28. The SMILES string of the molecule is CC(c1nnc(N)s1)c1nnc(N)s1. The van der Waals surface area contributed by atoms with Crippen LogP contribution in [0.4, 0.5) is 10.3 Å². The number of nitrogen functional groups attached to an aromatic ring is 2. The molecule has 0 amide bonds. The van der Waals surface area contributed by atoms with E-state index in [1.807, 2.05) is 6.92 Å². The zero-order chi connectivity index (χ0) is 10.1. The van der Waals surface area contributed by atoms with Gasteiger partial charge in [-0.25, -0.2) is 0 Å². The lowest BCUT2D eigenvalue weighted by Gasteiger charge is -1.99. The van der Waals surface area contributed by atoms with E-state index in [1.165, 1.54) is 22.7 Å². The van der Waals surface area contributed by atoms with Crippen molar-refractivity contribution < 1.29 is 0 Å². The first-order chi connectivity index (χ1) is 6.66. The molecule has 0 aliphatic rings. The lowest BCUT2D eigenvalue weighted by Crippen LogP contribution is -1.94. The second kappa shape index (κ2) is 3.46. The molecule has 2 aromatic heterocycles. The van der Waals surface area contributed by atoms with E-state index in [2.05, 4.69) is 20.4 Å². The molecule has 2 rings (SSSR count). The van der Waals surface area contributed by atoms with Gasteiger partial charge in [0.05, 0.1) is 5.92 Å². The molecule has 0 saturated carbocycles. The summed E-state index contributed by atoms with van der Waals surface area (Å²) in [5.41, 5.74) is 11.0. The number of rotatable bonds is 2. The lowest BCUT2D eigenvalue weighted by molar-refractivity contribution is 0.835. The molecule has 0 fully saturated rings. The van der Waals surface area contributed by atoms with Gasteiger partial charge in [0.25, 0.3) is 0 Å². The zero-order valence-electron chi connectivity index (χ0n) is 7.34. The van der Waals surface area contributed by atoms with Gasteiger partial charge in [0.1, 0.15) is 10.0 Å². The Labute approximate surface area is 88.0 Å². The van der Waals surface area contributed by atoms with E-state index >= 15 is 0 Å². The minimum absolute atomic E-state index is 0.0552. The van der Waals surface area contributed by atoms with Crippen LogP contribution < -0.4 is 11.5 Å². The molecule has 0 unspecified atom stereocenters. The highest BCUT2D eigenvalue weighted by Crippen LogP contribution is 2.29. The minimum atomic E-state index is 0.0552. The first-order valence-electron chi connectivity index (χ1n) is 3.84. The standard InChI is InChI=1S/C6H8N6S2/c1-2(3-9-11-5(7)13-3)4-10-12-6(8)14-4/h2H,1H3,(H2,7,11)(H2,8,12). The number of nitrogens with two attached hydrogens (primary N) is 2. The fraction of sp³-hybridized carbons (Fsp3) is 0.333. The average molecular weight is 228 g/mol. The molecule has 4 N–H and O–H groups in total. The predicted octanol–water partition coefficient (Wildman–Crippen LogP) is 0.706.